The highest BCUT2D eigenvalue weighted by Crippen LogP contribution is 2.24. The number of benzene rings is 1. The van der Waals surface area contributed by atoms with Crippen LogP contribution in [-0.4, -0.2) is 59.0 Å². The van der Waals surface area contributed by atoms with Crippen molar-refractivity contribution in [3.63, 3.8) is 0 Å². The lowest BCUT2D eigenvalue weighted by Crippen LogP contribution is -2.55. The number of rotatable bonds is 6. The molecule has 1 aliphatic rings. The molecule has 25 heavy (non-hydrogen) atoms. The lowest BCUT2D eigenvalue weighted by atomic mass is 9.93. The molecule has 1 atom stereocenters. The molecule has 0 radical (unpaired) electrons. The van der Waals surface area contributed by atoms with Gasteiger partial charge in [-0.2, -0.15) is 0 Å². The normalized spacial score (nSPS) is 21.2. The summed E-state index contributed by atoms with van der Waals surface area (Å²) in [6.07, 6.45) is 3.92. The van der Waals surface area contributed by atoms with E-state index in [1.54, 1.807) is 18.5 Å². The van der Waals surface area contributed by atoms with Crippen molar-refractivity contribution in [2.75, 3.05) is 33.4 Å². The van der Waals surface area contributed by atoms with E-state index in [9.17, 15) is 9.50 Å². The second-order valence-corrected chi connectivity index (χ2v) is 6.28. The molecular formula is C18H22FN3O3. The van der Waals surface area contributed by atoms with Gasteiger partial charge in [0.25, 0.3) is 0 Å². The van der Waals surface area contributed by atoms with E-state index in [4.69, 9.17) is 9.47 Å². The van der Waals surface area contributed by atoms with Gasteiger partial charge in [-0.15, -0.1) is 0 Å². The molecule has 134 valence electrons. The van der Waals surface area contributed by atoms with E-state index in [2.05, 4.69) is 14.9 Å². The summed E-state index contributed by atoms with van der Waals surface area (Å²) in [4.78, 5) is 10.4. The molecule has 1 N–H and O–H groups in total. The van der Waals surface area contributed by atoms with Gasteiger partial charge in [0.15, 0.2) is 0 Å². The van der Waals surface area contributed by atoms with E-state index >= 15 is 0 Å². The first-order chi connectivity index (χ1) is 12.1. The molecule has 0 aliphatic carbocycles. The summed E-state index contributed by atoms with van der Waals surface area (Å²) in [6, 6.07) is 6.75. The van der Waals surface area contributed by atoms with E-state index in [1.807, 2.05) is 6.07 Å². The van der Waals surface area contributed by atoms with Crippen molar-refractivity contribution in [3.05, 3.63) is 53.6 Å². The number of morpholine rings is 1. The summed E-state index contributed by atoms with van der Waals surface area (Å²) in [7, 11) is 1.53. The molecule has 1 fully saturated rings. The Morgan fingerprint density at radius 2 is 2.12 bits per heavy atom. The van der Waals surface area contributed by atoms with Crippen molar-refractivity contribution in [2.24, 2.45) is 0 Å². The van der Waals surface area contributed by atoms with E-state index < -0.39 is 5.60 Å². The van der Waals surface area contributed by atoms with Crippen LogP contribution in [0.3, 0.4) is 0 Å². The number of aliphatic hydroxyl groups is 1. The Balaban J connectivity index is 1.68. The van der Waals surface area contributed by atoms with Crippen LogP contribution in [0.1, 0.15) is 11.1 Å². The Bertz CT molecular complexity index is 698. The van der Waals surface area contributed by atoms with Gasteiger partial charge in [-0.1, -0.05) is 12.1 Å². The number of hydrogen-bond donors (Lipinski definition) is 1. The third-order valence-electron chi connectivity index (χ3n) is 4.30. The molecule has 6 nitrogen and oxygen atoms in total. The predicted molar refractivity (Wildman–Crippen MR) is 89.7 cm³/mol. The van der Waals surface area contributed by atoms with E-state index in [0.29, 0.717) is 32.1 Å². The van der Waals surface area contributed by atoms with Crippen LogP contribution in [0.25, 0.3) is 0 Å². The standard InChI is InChI=1S/C18H22FN3O3/c1-24-17-20-9-15(10-21-17)11-22-5-6-25-18(12-22,13-23)8-14-3-2-4-16(19)7-14/h2-4,7,9-10,23H,5-6,8,11-13H2,1H3. The number of halogens is 1. The van der Waals surface area contributed by atoms with Crippen LogP contribution in [0.15, 0.2) is 36.7 Å². The van der Waals surface area contributed by atoms with Crippen molar-refractivity contribution in [3.8, 4) is 6.01 Å². The van der Waals surface area contributed by atoms with Crippen LogP contribution in [0.5, 0.6) is 6.01 Å². The number of hydrogen-bond acceptors (Lipinski definition) is 6. The van der Waals surface area contributed by atoms with Crippen LogP contribution in [0.4, 0.5) is 4.39 Å². The maximum absolute atomic E-state index is 13.4. The molecule has 2 aromatic rings. The Hall–Kier alpha value is -2.09. The van der Waals surface area contributed by atoms with E-state index in [1.165, 1.54) is 19.2 Å². The summed E-state index contributed by atoms with van der Waals surface area (Å²) in [6.45, 7) is 2.33. The summed E-state index contributed by atoms with van der Waals surface area (Å²) in [5.41, 5.74) is 1.03. The molecule has 1 unspecified atom stereocenters. The smallest absolute Gasteiger partial charge is 0.316 e. The molecule has 1 aromatic carbocycles. The highest BCUT2D eigenvalue weighted by atomic mass is 19.1. The first-order valence-electron chi connectivity index (χ1n) is 8.19. The molecule has 3 rings (SSSR count). The fourth-order valence-corrected chi connectivity index (χ4v) is 3.12. The largest absolute Gasteiger partial charge is 0.467 e. The minimum atomic E-state index is -0.737. The maximum atomic E-state index is 13.4. The second-order valence-electron chi connectivity index (χ2n) is 6.28. The number of nitrogens with zero attached hydrogens (tertiary/aromatic N) is 3. The van der Waals surface area contributed by atoms with Crippen molar-refractivity contribution in [2.45, 2.75) is 18.6 Å². The monoisotopic (exact) mass is 347 g/mol. The summed E-state index contributed by atoms with van der Waals surface area (Å²) >= 11 is 0. The number of ether oxygens (including phenoxy) is 2. The van der Waals surface area contributed by atoms with Gasteiger partial charge in [-0.3, -0.25) is 4.90 Å². The van der Waals surface area contributed by atoms with Gasteiger partial charge in [0.2, 0.25) is 0 Å². The Morgan fingerprint density at radius 3 is 2.80 bits per heavy atom. The summed E-state index contributed by atoms with van der Waals surface area (Å²) in [5.74, 6) is -0.284. The fourth-order valence-electron chi connectivity index (χ4n) is 3.12. The van der Waals surface area contributed by atoms with Crippen molar-refractivity contribution in [1.29, 1.82) is 0 Å². The lowest BCUT2D eigenvalue weighted by molar-refractivity contribution is -0.134. The van der Waals surface area contributed by atoms with Gasteiger partial charge < -0.3 is 14.6 Å². The third-order valence-corrected chi connectivity index (χ3v) is 4.30. The molecular weight excluding hydrogens is 325 g/mol. The molecule has 0 spiro atoms. The topological polar surface area (TPSA) is 67.7 Å². The molecule has 1 saturated heterocycles. The summed E-state index contributed by atoms with van der Waals surface area (Å²) in [5, 5.41) is 9.94. The Morgan fingerprint density at radius 1 is 1.32 bits per heavy atom. The molecule has 1 aromatic heterocycles. The van der Waals surface area contributed by atoms with Gasteiger partial charge in [0.1, 0.15) is 11.4 Å². The van der Waals surface area contributed by atoms with Gasteiger partial charge in [-0.05, 0) is 17.7 Å². The Labute approximate surface area is 146 Å². The average Bonchev–Trinajstić information content (AvgIpc) is 2.63. The highest BCUT2D eigenvalue weighted by Gasteiger charge is 2.36. The fraction of sp³-hybridized carbons (Fsp3) is 0.444. The lowest BCUT2D eigenvalue weighted by Gasteiger charge is -2.42. The van der Waals surface area contributed by atoms with Gasteiger partial charge in [0.05, 0.1) is 20.3 Å². The van der Waals surface area contributed by atoms with Crippen molar-refractivity contribution < 1.29 is 19.0 Å². The van der Waals surface area contributed by atoms with Crippen LogP contribution in [-0.2, 0) is 17.7 Å². The quantitative estimate of drug-likeness (QED) is 0.853. The first kappa shape index (κ1) is 17.7. The molecule has 2 heterocycles. The molecule has 0 bridgehead atoms. The molecule has 7 heteroatoms. The van der Waals surface area contributed by atoms with Gasteiger partial charge in [-0.25, -0.2) is 14.4 Å². The van der Waals surface area contributed by atoms with Crippen LogP contribution < -0.4 is 4.74 Å². The zero-order valence-corrected chi connectivity index (χ0v) is 14.2. The maximum Gasteiger partial charge on any atom is 0.316 e. The second kappa shape index (κ2) is 7.86. The molecule has 0 saturated carbocycles. The van der Waals surface area contributed by atoms with Crippen molar-refractivity contribution in [1.82, 2.24) is 14.9 Å². The van der Waals surface area contributed by atoms with E-state index in [-0.39, 0.29) is 12.4 Å². The van der Waals surface area contributed by atoms with Gasteiger partial charge >= 0.3 is 6.01 Å². The number of methoxy groups -OCH3 is 1. The summed E-state index contributed by atoms with van der Waals surface area (Å²) < 4.78 is 24.3. The zero-order chi connectivity index (χ0) is 17.7. The molecule has 1 aliphatic heterocycles. The highest BCUT2D eigenvalue weighted by molar-refractivity contribution is 5.19. The predicted octanol–water partition coefficient (Wildman–Crippen LogP) is 1.43. The first-order valence-corrected chi connectivity index (χ1v) is 8.19. The van der Waals surface area contributed by atoms with Gasteiger partial charge in [0, 0.05) is 44.0 Å². The SMILES string of the molecule is COc1ncc(CN2CCOC(CO)(Cc3cccc(F)c3)C2)cn1. The average molecular weight is 347 g/mol. The Kier molecular flexibility index (Phi) is 5.57. The van der Waals surface area contributed by atoms with E-state index in [0.717, 1.165) is 17.7 Å². The minimum Gasteiger partial charge on any atom is -0.467 e. The molecule has 0 amide bonds. The van der Waals surface area contributed by atoms with Crippen LogP contribution in [0, 0.1) is 5.82 Å². The van der Waals surface area contributed by atoms with Crippen molar-refractivity contribution >= 4 is 0 Å². The zero-order valence-electron chi connectivity index (χ0n) is 14.2. The van der Waals surface area contributed by atoms with Crippen LogP contribution in [0.2, 0.25) is 0 Å². The number of aromatic nitrogens is 2. The minimum absolute atomic E-state index is 0.126. The third kappa shape index (κ3) is 4.50. The number of aliphatic hydroxyl groups excluding tert-OH is 1. The van der Waals surface area contributed by atoms with Crippen LogP contribution >= 0.6 is 0 Å².